The van der Waals surface area contributed by atoms with Gasteiger partial charge in [-0.25, -0.2) is 0 Å². The van der Waals surface area contributed by atoms with E-state index in [0.29, 0.717) is 5.60 Å². The van der Waals surface area contributed by atoms with E-state index >= 15 is 0 Å². The minimum atomic E-state index is 0.332. The van der Waals surface area contributed by atoms with Crippen molar-refractivity contribution in [1.82, 2.24) is 0 Å². The van der Waals surface area contributed by atoms with Gasteiger partial charge in [0.15, 0.2) is 0 Å². The van der Waals surface area contributed by atoms with Crippen LogP contribution in [-0.4, -0.2) is 18.8 Å². The Morgan fingerprint density at radius 3 is 1.50 bits per heavy atom. The van der Waals surface area contributed by atoms with Gasteiger partial charge in [0.05, 0.1) is 5.60 Å². The number of ether oxygens (including phenoxy) is 1. The van der Waals surface area contributed by atoms with Gasteiger partial charge in [-0.3, -0.25) is 0 Å². The molecule has 0 aromatic carbocycles. The highest BCUT2D eigenvalue weighted by Crippen LogP contribution is 2.57. The van der Waals surface area contributed by atoms with Gasteiger partial charge in [0, 0.05) is 6.61 Å². The van der Waals surface area contributed by atoms with Crippen LogP contribution >= 0.6 is 0 Å². The summed E-state index contributed by atoms with van der Waals surface area (Å²) in [6.45, 7) is 1.90. The summed E-state index contributed by atoms with van der Waals surface area (Å²) in [6.07, 6.45) is 22.4. The van der Waals surface area contributed by atoms with Crippen LogP contribution in [0.2, 0.25) is 0 Å². The zero-order valence-electron chi connectivity index (χ0n) is 15.9. The summed E-state index contributed by atoms with van der Waals surface area (Å²) in [5.41, 5.74) is 5.85. The SMILES string of the molecule is NCCCCCCCCCCCCOC12CC3CC(CC(C3)C1)C2. The van der Waals surface area contributed by atoms with Crippen molar-refractivity contribution in [2.24, 2.45) is 23.5 Å². The molecule has 0 heterocycles. The van der Waals surface area contributed by atoms with Crippen LogP contribution in [0, 0.1) is 17.8 Å². The molecule has 0 unspecified atom stereocenters. The molecule has 0 spiro atoms. The van der Waals surface area contributed by atoms with Gasteiger partial charge in [-0.1, -0.05) is 51.4 Å². The predicted octanol–water partition coefficient (Wildman–Crippen LogP) is 5.83. The first-order chi connectivity index (χ1) is 11.8. The zero-order chi connectivity index (χ0) is 16.7. The van der Waals surface area contributed by atoms with Crippen LogP contribution in [0.3, 0.4) is 0 Å². The van der Waals surface area contributed by atoms with Crippen LogP contribution in [0.15, 0.2) is 0 Å². The Labute approximate surface area is 150 Å². The lowest BCUT2D eigenvalue weighted by molar-refractivity contribution is -0.162. The van der Waals surface area contributed by atoms with Crippen molar-refractivity contribution in [3.63, 3.8) is 0 Å². The van der Waals surface area contributed by atoms with Crippen LogP contribution in [0.5, 0.6) is 0 Å². The molecule has 4 fully saturated rings. The lowest BCUT2D eigenvalue weighted by Gasteiger charge is -2.56. The standard InChI is InChI=1S/C22H41NO/c23-11-9-7-5-3-1-2-4-6-8-10-12-24-22-16-19-13-20(17-22)15-21(14-19)18-22/h19-21H,1-18,23H2. The van der Waals surface area contributed by atoms with E-state index in [9.17, 15) is 0 Å². The lowest BCUT2D eigenvalue weighted by atomic mass is 9.54. The first-order valence-corrected chi connectivity index (χ1v) is 11.1. The van der Waals surface area contributed by atoms with E-state index in [1.54, 1.807) is 0 Å². The van der Waals surface area contributed by atoms with Gasteiger partial charge in [0.2, 0.25) is 0 Å². The van der Waals surface area contributed by atoms with Crippen LogP contribution in [0.25, 0.3) is 0 Å². The summed E-state index contributed by atoms with van der Waals surface area (Å²) < 4.78 is 6.51. The second-order valence-electron chi connectivity index (χ2n) is 9.27. The van der Waals surface area contributed by atoms with E-state index in [1.807, 2.05) is 0 Å². The molecule has 2 nitrogen and oxygen atoms in total. The molecule has 4 aliphatic rings. The van der Waals surface area contributed by atoms with Crippen molar-refractivity contribution in [3.05, 3.63) is 0 Å². The highest BCUT2D eigenvalue weighted by molar-refractivity contribution is 5.03. The van der Waals surface area contributed by atoms with Crippen molar-refractivity contribution in [2.45, 2.75) is 108 Å². The third-order valence-corrected chi connectivity index (χ3v) is 6.99. The van der Waals surface area contributed by atoms with Crippen molar-refractivity contribution < 1.29 is 4.74 Å². The average molecular weight is 336 g/mol. The molecule has 2 N–H and O–H groups in total. The van der Waals surface area contributed by atoms with Gasteiger partial charge in [0.25, 0.3) is 0 Å². The topological polar surface area (TPSA) is 35.2 Å². The fourth-order valence-corrected chi connectivity index (χ4v) is 6.16. The number of nitrogens with two attached hydrogens (primary N) is 1. The highest BCUT2D eigenvalue weighted by Gasteiger charge is 2.51. The minimum absolute atomic E-state index is 0.332. The van der Waals surface area contributed by atoms with Gasteiger partial charge in [-0.05, 0) is 75.7 Å². The Bertz CT molecular complexity index is 319. The number of rotatable bonds is 13. The summed E-state index contributed by atoms with van der Waals surface area (Å²) in [5.74, 6) is 3.04. The second-order valence-corrected chi connectivity index (χ2v) is 9.27. The van der Waals surface area contributed by atoms with E-state index in [-0.39, 0.29) is 0 Å². The maximum Gasteiger partial charge on any atom is 0.0690 e. The minimum Gasteiger partial charge on any atom is -0.375 e. The van der Waals surface area contributed by atoms with Crippen molar-refractivity contribution in [2.75, 3.05) is 13.2 Å². The smallest absolute Gasteiger partial charge is 0.0690 e. The molecule has 0 amide bonds. The van der Waals surface area contributed by atoms with Gasteiger partial charge >= 0.3 is 0 Å². The van der Waals surface area contributed by atoms with Crippen molar-refractivity contribution in [3.8, 4) is 0 Å². The van der Waals surface area contributed by atoms with Crippen LogP contribution in [-0.2, 0) is 4.74 Å². The molecule has 0 aromatic rings. The van der Waals surface area contributed by atoms with Crippen LogP contribution in [0.4, 0.5) is 0 Å². The second kappa shape index (κ2) is 9.57. The third-order valence-electron chi connectivity index (χ3n) is 6.99. The first kappa shape index (κ1) is 18.7. The lowest BCUT2D eigenvalue weighted by Crippen LogP contribution is -2.52. The van der Waals surface area contributed by atoms with Crippen LogP contribution < -0.4 is 5.73 Å². The molecule has 0 aliphatic heterocycles. The molecular weight excluding hydrogens is 294 g/mol. The van der Waals surface area contributed by atoms with E-state index in [4.69, 9.17) is 10.5 Å². The third kappa shape index (κ3) is 5.46. The monoisotopic (exact) mass is 335 g/mol. The highest BCUT2D eigenvalue weighted by atomic mass is 16.5. The van der Waals surface area contributed by atoms with Gasteiger partial charge in [-0.15, -0.1) is 0 Å². The maximum absolute atomic E-state index is 6.51. The summed E-state index contributed by atoms with van der Waals surface area (Å²) >= 11 is 0. The normalized spacial score (nSPS) is 34.1. The van der Waals surface area contributed by atoms with E-state index in [2.05, 4.69) is 0 Å². The number of hydrogen-bond acceptors (Lipinski definition) is 2. The molecule has 0 atom stereocenters. The molecule has 24 heavy (non-hydrogen) atoms. The van der Waals surface area contributed by atoms with Gasteiger partial charge in [0.1, 0.15) is 0 Å². The van der Waals surface area contributed by atoms with Gasteiger partial charge < -0.3 is 10.5 Å². The van der Waals surface area contributed by atoms with Gasteiger partial charge in [-0.2, -0.15) is 0 Å². The quantitative estimate of drug-likeness (QED) is 0.430. The number of hydrogen-bond donors (Lipinski definition) is 1. The number of unbranched alkanes of at least 4 members (excludes halogenated alkanes) is 9. The van der Waals surface area contributed by atoms with E-state index in [0.717, 1.165) is 30.9 Å². The maximum atomic E-state index is 6.51. The Balaban J connectivity index is 1.16. The Hall–Kier alpha value is -0.0800. The van der Waals surface area contributed by atoms with Crippen molar-refractivity contribution >= 4 is 0 Å². The molecule has 0 aromatic heterocycles. The molecule has 0 radical (unpaired) electrons. The van der Waals surface area contributed by atoms with E-state index in [1.165, 1.54) is 103 Å². The molecule has 140 valence electrons. The molecule has 4 rings (SSSR count). The summed E-state index contributed by atoms with van der Waals surface area (Å²) in [4.78, 5) is 0. The summed E-state index contributed by atoms with van der Waals surface area (Å²) in [5, 5.41) is 0. The molecule has 4 aliphatic carbocycles. The molecule has 4 bridgehead atoms. The zero-order valence-corrected chi connectivity index (χ0v) is 15.9. The van der Waals surface area contributed by atoms with Crippen molar-refractivity contribution in [1.29, 1.82) is 0 Å². The van der Waals surface area contributed by atoms with Crippen LogP contribution in [0.1, 0.15) is 103 Å². The van der Waals surface area contributed by atoms with E-state index < -0.39 is 0 Å². The summed E-state index contributed by atoms with van der Waals surface area (Å²) in [6, 6.07) is 0. The Morgan fingerprint density at radius 2 is 1.04 bits per heavy atom. The molecule has 2 heteroatoms. The summed E-state index contributed by atoms with van der Waals surface area (Å²) in [7, 11) is 0. The average Bonchev–Trinajstić information content (AvgIpc) is 2.54. The molecule has 4 saturated carbocycles. The Kier molecular flexibility index (Phi) is 7.46. The predicted molar refractivity (Wildman–Crippen MR) is 102 cm³/mol. The Morgan fingerprint density at radius 1 is 0.625 bits per heavy atom. The first-order valence-electron chi connectivity index (χ1n) is 11.1. The largest absolute Gasteiger partial charge is 0.375 e. The fraction of sp³-hybridized carbons (Fsp3) is 1.00. The molecular formula is C22H41NO. The molecule has 0 saturated heterocycles. The fourth-order valence-electron chi connectivity index (χ4n) is 6.16.